The number of anilines is 1. The van der Waals surface area contributed by atoms with E-state index in [4.69, 9.17) is 5.73 Å². The number of nitrogens with two attached hydrogens (primary N) is 1. The van der Waals surface area contributed by atoms with Crippen molar-refractivity contribution in [1.29, 1.82) is 0 Å². The molecule has 4 N–H and O–H groups in total. The summed E-state index contributed by atoms with van der Waals surface area (Å²) < 4.78 is 0. The van der Waals surface area contributed by atoms with E-state index in [0.717, 1.165) is 16.5 Å². The predicted molar refractivity (Wildman–Crippen MR) is 77.1 cm³/mol. The monoisotopic (exact) mass is 269 g/mol. The molecule has 3 aromatic rings. The number of aromatic amines is 2. The Labute approximate surface area is 115 Å². The summed E-state index contributed by atoms with van der Waals surface area (Å²) in [4.78, 5) is 17.2. The number of benzene rings is 1. The fourth-order valence-electron chi connectivity index (χ4n) is 2.24. The third kappa shape index (κ3) is 2.11. The summed E-state index contributed by atoms with van der Waals surface area (Å²) in [5, 5.41) is 7.49. The number of carbonyl (C=O) groups is 1. The zero-order valence-corrected chi connectivity index (χ0v) is 11.1. The Morgan fingerprint density at radius 3 is 3.00 bits per heavy atom. The number of nitrogen functional groups attached to an aromatic ring is 1. The van der Waals surface area contributed by atoms with Crippen molar-refractivity contribution in [2.45, 2.75) is 6.54 Å². The van der Waals surface area contributed by atoms with E-state index in [1.54, 1.807) is 36.6 Å². The van der Waals surface area contributed by atoms with Gasteiger partial charge < -0.3 is 15.6 Å². The maximum Gasteiger partial charge on any atom is 0.256 e. The quantitative estimate of drug-likeness (QED) is 0.632. The molecule has 0 atom stereocenters. The molecule has 0 unspecified atom stereocenters. The standard InChI is InChI=1S/C14H15N5O/c1-19(8-9-5-17-18-6-9)14(20)12-7-16-13-4-10(15)2-3-11(12)13/h2-7,16H,8,15H2,1H3,(H,17,18). The van der Waals surface area contributed by atoms with Gasteiger partial charge in [0.15, 0.2) is 0 Å². The molecular formula is C14H15N5O. The summed E-state index contributed by atoms with van der Waals surface area (Å²) in [7, 11) is 1.77. The zero-order valence-electron chi connectivity index (χ0n) is 11.1. The average molecular weight is 269 g/mol. The molecule has 0 saturated heterocycles. The minimum absolute atomic E-state index is 0.0396. The molecule has 1 amide bonds. The molecule has 0 fully saturated rings. The Balaban J connectivity index is 1.88. The van der Waals surface area contributed by atoms with Crippen molar-refractivity contribution < 1.29 is 4.79 Å². The van der Waals surface area contributed by atoms with E-state index < -0.39 is 0 Å². The lowest BCUT2D eigenvalue weighted by atomic mass is 10.1. The molecular weight excluding hydrogens is 254 g/mol. The van der Waals surface area contributed by atoms with E-state index >= 15 is 0 Å². The lowest BCUT2D eigenvalue weighted by molar-refractivity contribution is 0.0787. The number of H-pyrrole nitrogens is 2. The first-order valence-electron chi connectivity index (χ1n) is 6.25. The number of rotatable bonds is 3. The van der Waals surface area contributed by atoms with Crippen LogP contribution in [0.2, 0.25) is 0 Å². The molecule has 3 rings (SSSR count). The Morgan fingerprint density at radius 1 is 1.40 bits per heavy atom. The number of hydrogen-bond donors (Lipinski definition) is 3. The molecule has 2 aromatic heterocycles. The van der Waals surface area contributed by atoms with Crippen molar-refractivity contribution in [2.24, 2.45) is 0 Å². The highest BCUT2D eigenvalue weighted by Crippen LogP contribution is 2.22. The SMILES string of the molecule is CN(Cc1cn[nH]c1)C(=O)c1c[nH]c2cc(N)ccc12. The largest absolute Gasteiger partial charge is 0.399 e. The van der Waals surface area contributed by atoms with Crippen molar-refractivity contribution in [2.75, 3.05) is 12.8 Å². The van der Waals surface area contributed by atoms with E-state index in [-0.39, 0.29) is 5.91 Å². The maximum atomic E-state index is 12.5. The van der Waals surface area contributed by atoms with Gasteiger partial charge in [-0.3, -0.25) is 9.89 Å². The second-order valence-corrected chi connectivity index (χ2v) is 4.78. The van der Waals surface area contributed by atoms with Crippen LogP contribution in [0.5, 0.6) is 0 Å². The fourth-order valence-corrected chi connectivity index (χ4v) is 2.24. The third-order valence-corrected chi connectivity index (χ3v) is 3.26. The maximum absolute atomic E-state index is 12.5. The number of amides is 1. The van der Waals surface area contributed by atoms with Crippen LogP contribution >= 0.6 is 0 Å². The van der Waals surface area contributed by atoms with Gasteiger partial charge in [-0.25, -0.2) is 0 Å². The van der Waals surface area contributed by atoms with Gasteiger partial charge in [-0.1, -0.05) is 0 Å². The predicted octanol–water partition coefficient (Wildman–Crippen LogP) is 1.75. The normalized spacial score (nSPS) is 10.8. The Hall–Kier alpha value is -2.76. The van der Waals surface area contributed by atoms with Gasteiger partial charge in [0.2, 0.25) is 0 Å². The first-order chi connectivity index (χ1) is 9.65. The minimum atomic E-state index is -0.0396. The van der Waals surface area contributed by atoms with Crippen LogP contribution in [0.3, 0.4) is 0 Å². The van der Waals surface area contributed by atoms with Gasteiger partial charge in [0.25, 0.3) is 5.91 Å². The number of hydrogen-bond acceptors (Lipinski definition) is 3. The van der Waals surface area contributed by atoms with Gasteiger partial charge >= 0.3 is 0 Å². The third-order valence-electron chi connectivity index (χ3n) is 3.26. The lowest BCUT2D eigenvalue weighted by Gasteiger charge is -2.15. The van der Waals surface area contributed by atoms with Crippen LogP contribution in [0, 0.1) is 0 Å². The van der Waals surface area contributed by atoms with Crippen LogP contribution < -0.4 is 5.73 Å². The highest BCUT2D eigenvalue weighted by atomic mass is 16.2. The zero-order chi connectivity index (χ0) is 14.1. The van der Waals surface area contributed by atoms with Crippen molar-refractivity contribution in [1.82, 2.24) is 20.1 Å². The second kappa shape index (κ2) is 4.73. The van der Waals surface area contributed by atoms with Crippen LogP contribution in [0.25, 0.3) is 10.9 Å². The molecule has 20 heavy (non-hydrogen) atoms. The molecule has 0 radical (unpaired) electrons. The summed E-state index contributed by atoms with van der Waals surface area (Å²) in [5.74, 6) is -0.0396. The van der Waals surface area contributed by atoms with Gasteiger partial charge in [-0.2, -0.15) is 5.10 Å². The molecule has 0 aliphatic carbocycles. The number of nitrogens with zero attached hydrogens (tertiary/aromatic N) is 2. The van der Waals surface area contributed by atoms with E-state index in [2.05, 4.69) is 15.2 Å². The van der Waals surface area contributed by atoms with Crippen molar-refractivity contribution in [3.8, 4) is 0 Å². The Kier molecular flexibility index (Phi) is 2.90. The molecule has 0 aliphatic rings. The lowest BCUT2D eigenvalue weighted by Crippen LogP contribution is -2.25. The van der Waals surface area contributed by atoms with Gasteiger partial charge in [-0.05, 0) is 18.2 Å². The van der Waals surface area contributed by atoms with E-state index in [1.165, 1.54) is 0 Å². The molecule has 0 bridgehead atoms. The molecule has 6 heteroatoms. The van der Waals surface area contributed by atoms with Crippen LogP contribution in [-0.2, 0) is 6.54 Å². The fraction of sp³-hybridized carbons (Fsp3) is 0.143. The van der Waals surface area contributed by atoms with Gasteiger partial charge in [0, 0.05) is 48.1 Å². The van der Waals surface area contributed by atoms with Gasteiger partial charge in [0.05, 0.1) is 11.8 Å². The van der Waals surface area contributed by atoms with Crippen LogP contribution in [-0.4, -0.2) is 33.0 Å². The number of aromatic nitrogens is 3. The molecule has 6 nitrogen and oxygen atoms in total. The van der Waals surface area contributed by atoms with Crippen molar-refractivity contribution in [3.63, 3.8) is 0 Å². The number of carbonyl (C=O) groups excluding carboxylic acids is 1. The first kappa shape index (κ1) is 12.3. The Bertz CT molecular complexity index is 744. The number of nitrogens with one attached hydrogen (secondary N) is 2. The molecule has 102 valence electrons. The molecule has 0 spiro atoms. The number of fused-ring (bicyclic) bond motifs is 1. The van der Waals surface area contributed by atoms with Gasteiger partial charge in [-0.15, -0.1) is 0 Å². The summed E-state index contributed by atoms with van der Waals surface area (Å²) in [6, 6.07) is 5.48. The summed E-state index contributed by atoms with van der Waals surface area (Å²) in [6.45, 7) is 0.511. The molecule has 0 saturated carbocycles. The highest BCUT2D eigenvalue weighted by molar-refractivity contribution is 6.07. The van der Waals surface area contributed by atoms with Gasteiger partial charge in [0.1, 0.15) is 0 Å². The van der Waals surface area contributed by atoms with Crippen molar-refractivity contribution in [3.05, 3.63) is 47.9 Å². The summed E-state index contributed by atoms with van der Waals surface area (Å²) >= 11 is 0. The second-order valence-electron chi connectivity index (χ2n) is 4.78. The highest BCUT2D eigenvalue weighted by Gasteiger charge is 2.16. The van der Waals surface area contributed by atoms with E-state index in [0.29, 0.717) is 17.8 Å². The van der Waals surface area contributed by atoms with E-state index in [1.807, 2.05) is 12.1 Å². The van der Waals surface area contributed by atoms with Crippen molar-refractivity contribution >= 4 is 22.5 Å². The Morgan fingerprint density at radius 2 is 2.25 bits per heavy atom. The van der Waals surface area contributed by atoms with Crippen LogP contribution in [0.4, 0.5) is 5.69 Å². The first-order valence-corrected chi connectivity index (χ1v) is 6.25. The van der Waals surface area contributed by atoms with E-state index in [9.17, 15) is 4.79 Å². The minimum Gasteiger partial charge on any atom is -0.399 e. The molecule has 1 aromatic carbocycles. The smallest absolute Gasteiger partial charge is 0.256 e. The summed E-state index contributed by atoms with van der Waals surface area (Å²) in [6.07, 6.45) is 5.21. The molecule has 0 aliphatic heterocycles. The average Bonchev–Trinajstić information content (AvgIpc) is 3.06. The topological polar surface area (TPSA) is 90.8 Å². The summed E-state index contributed by atoms with van der Waals surface area (Å²) in [5.41, 5.74) is 8.88. The van der Waals surface area contributed by atoms with Crippen LogP contribution in [0.1, 0.15) is 15.9 Å². The van der Waals surface area contributed by atoms with Crippen LogP contribution in [0.15, 0.2) is 36.8 Å². The molecule has 2 heterocycles.